The van der Waals surface area contributed by atoms with Crippen LogP contribution in [0.15, 0.2) is 12.3 Å². The highest BCUT2D eigenvalue weighted by atomic mass is 19.3. The summed E-state index contributed by atoms with van der Waals surface area (Å²) in [6.07, 6.45) is -1.34. The molecule has 0 aromatic heterocycles. The summed E-state index contributed by atoms with van der Waals surface area (Å²) >= 11 is 0. The van der Waals surface area contributed by atoms with E-state index in [4.69, 9.17) is 0 Å². The van der Waals surface area contributed by atoms with E-state index in [0.717, 1.165) is 0 Å². The Bertz CT molecular complexity index is 109. The van der Waals surface area contributed by atoms with Crippen molar-refractivity contribution in [3.63, 3.8) is 0 Å². The molecule has 0 aromatic carbocycles. The summed E-state index contributed by atoms with van der Waals surface area (Å²) in [7, 11) is 0. The van der Waals surface area contributed by atoms with Crippen molar-refractivity contribution in [1.82, 2.24) is 0 Å². The second-order valence-corrected chi connectivity index (χ2v) is 2.64. The summed E-state index contributed by atoms with van der Waals surface area (Å²) in [5.74, 6) is 0. The van der Waals surface area contributed by atoms with E-state index < -0.39 is 11.7 Å². The first-order valence-corrected chi connectivity index (χ1v) is 2.61. The Labute approximate surface area is 53.3 Å². The quantitative estimate of drug-likeness (QED) is 0.503. The lowest BCUT2D eigenvalue weighted by molar-refractivity contribution is 0.0676. The van der Waals surface area contributed by atoms with Gasteiger partial charge in [-0.1, -0.05) is 0 Å². The van der Waals surface area contributed by atoms with Crippen LogP contribution in [0.5, 0.6) is 0 Å². The van der Waals surface area contributed by atoms with Gasteiger partial charge in [-0.05, 0) is 20.8 Å². The second kappa shape index (κ2) is 2.80. The van der Waals surface area contributed by atoms with Gasteiger partial charge in [0.25, 0.3) is 0 Å². The predicted molar refractivity (Wildman–Crippen MR) is 31.1 cm³/mol. The first-order chi connectivity index (χ1) is 3.92. The largest absolute Gasteiger partial charge is 0.490 e. The lowest BCUT2D eigenvalue weighted by Crippen LogP contribution is -2.15. The topological polar surface area (TPSA) is 9.23 Å². The molecule has 9 heavy (non-hydrogen) atoms. The smallest absolute Gasteiger partial charge is 0.304 e. The SMILES string of the molecule is CC(C)(C)OC=C(F)F. The van der Waals surface area contributed by atoms with Gasteiger partial charge >= 0.3 is 6.08 Å². The maximum Gasteiger partial charge on any atom is 0.304 e. The van der Waals surface area contributed by atoms with Gasteiger partial charge in [0.15, 0.2) is 0 Å². The fraction of sp³-hybridized carbons (Fsp3) is 0.667. The van der Waals surface area contributed by atoms with Crippen LogP contribution in [0.3, 0.4) is 0 Å². The summed E-state index contributed by atoms with van der Waals surface area (Å²) in [6, 6.07) is 0. The third kappa shape index (κ3) is 7.40. The molecule has 0 bridgehead atoms. The number of ether oxygens (including phenoxy) is 1. The van der Waals surface area contributed by atoms with Crippen molar-refractivity contribution >= 4 is 0 Å². The van der Waals surface area contributed by atoms with Crippen LogP contribution in [0.4, 0.5) is 8.78 Å². The van der Waals surface area contributed by atoms with Crippen molar-refractivity contribution in [3.8, 4) is 0 Å². The van der Waals surface area contributed by atoms with E-state index in [-0.39, 0.29) is 0 Å². The maximum absolute atomic E-state index is 11.3. The molecule has 0 amide bonds. The number of hydrogen-bond acceptors (Lipinski definition) is 1. The molecule has 0 saturated carbocycles. The van der Waals surface area contributed by atoms with Crippen molar-refractivity contribution in [2.45, 2.75) is 26.4 Å². The van der Waals surface area contributed by atoms with Crippen LogP contribution in [-0.4, -0.2) is 5.60 Å². The van der Waals surface area contributed by atoms with Gasteiger partial charge in [0.2, 0.25) is 0 Å². The van der Waals surface area contributed by atoms with Crippen molar-refractivity contribution in [1.29, 1.82) is 0 Å². The second-order valence-electron chi connectivity index (χ2n) is 2.64. The van der Waals surface area contributed by atoms with Gasteiger partial charge in [-0.15, -0.1) is 0 Å². The molecular formula is C6H10F2O. The fourth-order valence-corrected chi connectivity index (χ4v) is 0.221. The molecule has 0 aliphatic rings. The van der Waals surface area contributed by atoms with E-state index in [0.29, 0.717) is 6.26 Å². The van der Waals surface area contributed by atoms with Crippen LogP contribution >= 0.6 is 0 Å². The molecule has 1 nitrogen and oxygen atoms in total. The van der Waals surface area contributed by atoms with Crippen molar-refractivity contribution in [2.24, 2.45) is 0 Å². The third-order valence-electron chi connectivity index (χ3n) is 0.502. The molecule has 0 radical (unpaired) electrons. The monoisotopic (exact) mass is 136 g/mol. The Morgan fingerprint density at radius 2 is 1.78 bits per heavy atom. The van der Waals surface area contributed by atoms with E-state index in [2.05, 4.69) is 4.74 Å². The average molecular weight is 136 g/mol. The molecular weight excluding hydrogens is 126 g/mol. The summed E-state index contributed by atoms with van der Waals surface area (Å²) in [6.45, 7) is 5.10. The number of rotatable bonds is 1. The molecule has 0 atom stereocenters. The number of hydrogen-bond donors (Lipinski definition) is 0. The highest BCUT2D eigenvalue weighted by molar-refractivity contribution is 4.74. The Morgan fingerprint density at radius 1 is 1.33 bits per heavy atom. The molecule has 0 aliphatic heterocycles. The standard InChI is InChI=1S/C6H10F2O/c1-6(2,3)9-4-5(7)8/h4H,1-3H3. The van der Waals surface area contributed by atoms with E-state index in [1.807, 2.05) is 0 Å². The van der Waals surface area contributed by atoms with Crippen molar-refractivity contribution in [3.05, 3.63) is 12.3 Å². The first kappa shape index (κ1) is 8.40. The minimum absolute atomic E-state index is 0.458. The normalized spacial score (nSPS) is 10.8. The molecule has 0 spiro atoms. The van der Waals surface area contributed by atoms with E-state index >= 15 is 0 Å². The minimum Gasteiger partial charge on any atom is -0.490 e. The van der Waals surface area contributed by atoms with Gasteiger partial charge in [-0.2, -0.15) is 8.78 Å². The Hall–Kier alpha value is -0.600. The van der Waals surface area contributed by atoms with Gasteiger partial charge in [0.05, 0.1) is 0 Å². The highest BCUT2D eigenvalue weighted by Gasteiger charge is 2.08. The molecule has 3 heteroatoms. The van der Waals surface area contributed by atoms with E-state index in [1.165, 1.54) is 0 Å². The van der Waals surface area contributed by atoms with Crippen molar-refractivity contribution < 1.29 is 13.5 Å². The zero-order chi connectivity index (χ0) is 7.49. The van der Waals surface area contributed by atoms with Crippen LogP contribution in [0.25, 0.3) is 0 Å². The van der Waals surface area contributed by atoms with Crippen molar-refractivity contribution in [2.75, 3.05) is 0 Å². The summed E-state index contributed by atoms with van der Waals surface area (Å²) in [4.78, 5) is 0. The molecule has 0 aliphatic carbocycles. The lowest BCUT2D eigenvalue weighted by atomic mass is 10.2. The molecule has 0 heterocycles. The van der Waals surface area contributed by atoms with Gasteiger partial charge in [-0.3, -0.25) is 0 Å². The van der Waals surface area contributed by atoms with Crippen LogP contribution in [-0.2, 0) is 4.74 Å². The fourth-order valence-electron chi connectivity index (χ4n) is 0.221. The predicted octanol–water partition coefficient (Wildman–Crippen LogP) is 2.54. The molecule has 0 aromatic rings. The summed E-state index contributed by atoms with van der Waals surface area (Å²) < 4.78 is 27.2. The maximum atomic E-state index is 11.3. The van der Waals surface area contributed by atoms with Crippen LogP contribution < -0.4 is 0 Å². The zero-order valence-corrected chi connectivity index (χ0v) is 5.74. The van der Waals surface area contributed by atoms with E-state index in [1.54, 1.807) is 20.8 Å². The molecule has 54 valence electrons. The summed E-state index contributed by atoms with van der Waals surface area (Å²) in [5, 5.41) is 0. The van der Waals surface area contributed by atoms with Gasteiger partial charge < -0.3 is 4.74 Å². The lowest BCUT2D eigenvalue weighted by Gasteiger charge is -2.16. The van der Waals surface area contributed by atoms with Gasteiger partial charge in [0, 0.05) is 0 Å². The molecule has 0 N–H and O–H groups in total. The zero-order valence-electron chi connectivity index (χ0n) is 5.74. The van der Waals surface area contributed by atoms with Crippen LogP contribution in [0.2, 0.25) is 0 Å². The first-order valence-electron chi connectivity index (χ1n) is 2.61. The van der Waals surface area contributed by atoms with Gasteiger partial charge in [-0.25, -0.2) is 0 Å². The Balaban J connectivity index is 3.64. The van der Waals surface area contributed by atoms with E-state index in [9.17, 15) is 8.78 Å². The Morgan fingerprint density at radius 3 is 1.89 bits per heavy atom. The minimum atomic E-state index is -1.80. The molecule has 0 unspecified atom stereocenters. The highest BCUT2D eigenvalue weighted by Crippen LogP contribution is 2.09. The summed E-state index contributed by atoms with van der Waals surface area (Å²) in [5.41, 5.74) is -0.524. The molecule has 0 rings (SSSR count). The number of halogens is 2. The average Bonchev–Trinajstić information content (AvgIpc) is 1.59. The Kier molecular flexibility index (Phi) is 2.62. The third-order valence-corrected chi connectivity index (χ3v) is 0.502. The van der Waals surface area contributed by atoms with Crippen LogP contribution in [0, 0.1) is 0 Å². The molecule has 0 saturated heterocycles. The van der Waals surface area contributed by atoms with Gasteiger partial charge in [0.1, 0.15) is 11.9 Å². The van der Waals surface area contributed by atoms with Crippen LogP contribution in [0.1, 0.15) is 20.8 Å². The molecule has 0 fully saturated rings.